The predicted molar refractivity (Wildman–Crippen MR) is 88.8 cm³/mol. The molecule has 0 spiro atoms. The van der Waals surface area contributed by atoms with Crippen molar-refractivity contribution >= 4 is 24.2 Å². The first-order chi connectivity index (χ1) is 9.31. The molecule has 0 aromatic heterocycles. The molecule has 0 fully saturated rings. The highest BCUT2D eigenvalue weighted by atomic mass is 32.2. The van der Waals surface area contributed by atoms with Crippen LogP contribution in [0.15, 0.2) is 0 Å². The fourth-order valence-corrected chi connectivity index (χ4v) is 5.46. The largest absolute Gasteiger partial charge is 0.444 e. The molecule has 8 heteroatoms. The average Bonchev–Trinajstić information content (AvgIpc) is 2.22. The molecule has 0 rings (SSSR count). The lowest BCUT2D eigenvalue weighted by molar-refractivity contribution is 0.0527. The summed E-state index contributed by atoms with van der Waals surface area (Å²) in [5, 5.41) is 2.59. The second-order valence-electron chi connectivity index (χ2n) is 7.31. The molecule has 0 aliphatic rings. The zero-order valence-corrected chi connectivity index (χ0v) is 15.9. The first kappa shape index (κ1) is 20.4. The minimum atomic E-state index is -3.20. The van der Waals surface area contributed by atoms with Crippen LogP contribution in [0.3, 0.4) is 0 Å². The van der Waals surface area contributed by atoms with Gasteiger partial charge in [-0.1, -0.05) is 19.6 Å². The molecule has 0 aliphatic heterocycles. The Balaban J connectivity index is 3.83. The molecule has 0 bridgehead atoms. The zero-order chi connectivity index (χ0) is 16.7. The van der Waals surface area contributed by atoms with Gasteiger partial charge in [0, 0.05) is 21.2 Å². The molecule has 0 aliphatic carbocycles. The minimum Gasteiger partial charge on any atom is -0.444 e. The second kappa shape index (κ2) is 8.14. The van der Waals surface area contributed by atoms with Crippen LogP contribution in [-0.4, -0.2) is 47.0 Å². The van der Waals surface area contributed by atoms with Gasteiger partial charge in [-0.25, -0.2) is 17.9 Å². The third-order valence-corrected chi connectivity index (χ3v) is 5.96. The van der Waals surface area contributed by atoms with Crippen molar-refractivity contribution in [3.8, 4) is 0 Å². The topological polar surface area (TPSA) is 84.5 Å². The molecular weight excluding hydrogens is 308 g/mol. The predicted octanol–water partition coefficient (Wildman–Crippen LogP) is 2.16. The fourth-order valence-electron chi connectivity index (χ4n) is 1.33. The highest BCUT2D eigenvalue weighted by Gasteiger charge is 2.18. The molecule has 0 aromatic rings. The number of carbonyl (C=O) groups excluding carboxylic acids is 1. The van der Waals surface area contributed by atoms with Gasteiger partial charge in [0.1, 0.15) is 5.60 Å². The highest BCUT2D eigenvalue weighted by Crippen LogP contribution is 2.09. The molecule has 6 nitrogen and oxygen atoms in total. The van der Waals surface area contributed by atoms with Crippen molar-refractivity contribution < 1.29 is 17.9 Å². The van der Waals surface area contributed by atoms with E-state index >= 15 is 0 Å². The van der Waals surface area contributed by atoms with Gasteiger partial charge in [-0.3, -0.25) is 0 Å². The molecular formula is C13H30N2O4SSi. The Morgan fingerprint density at radius 1 is 1.14 bits per heavy atom. The lowest BCUT2D eigenvalue weighted by Crippen LogP contribution is -2.35. The maximum Gasteiger partial charge on any atom is 0.407 e. The number of hydrogen-bond donors (Lipinski definition) is 2. The molecule has 0 heterocycles. The van der Waals surface area contributed by atoms with Crippen molar-refractivity contribution in [1.82, 2.24) is 10.0 Å². The first-order valence-corrected chi connectivity index (χ1v) is 12.6. The molecule has 0 radical (unpaired) electrons. The summed E-state index contributed by atoms with van der Waals surface area (Å²) >= 11 is 0. The van der Waals surface area contributed by atoms with E-state index < -0.39 is 29.8 Å². The number of nitrogens with one attached hydrogen (secondary N) is 2. The Hall–Kier alpha value is -0.603. The van der Waals surface area contributed by atoms with Crippen molar-refractivity contribution in [1.29, 1.82) is 0 Å². The summed E-state index contributed by atoms with van der Waals surface area (Å²) in [6.07, 6.45) is 0.0508. The van der Waals surface area contributed by atoms with Crippen molar-refractivity contribution in [2.45, 2.75) is 58.5 Å². The van der Waals surface area contributed by atoms with Crippen molar-refractivity contribution in [2.24, 2.45) is 0 Å². The zero-order valence-electron chi connectivity index (χ0n) is 14.1. The van der Waals surface area contributed by atoms with E-state index in [1.54, 1.807) is 20.8 Å². The summed E-state index contributed by atoms with van der Waals surface area (Å²) in [5.74, 6) is 0.183. The van der Waals surface area contributed by atoms with Crippen LogP contribution in [0.2, 0.25) is 25.7 Å². The highest BCUT2D eigenvalue weighted by molar-refractivity contribution is 7.89. The summed E-state index contributed by atoms with van der Waals surface area (Å²) in [4.78, 5) is 11.4. The number of alkyl carbamates (subject to hydrolysis) is 1. The molecule has 0 saturated heterocycles. The Morgan fingerprint density at radius 3 is 2.19 bits per heavy atom. The summed E-state index contributed by atoms with van der Waals surface area (Å²) in [5.41, 5.74) is -0.525. The Bertz CT molecular complexity index is 424. The van der Waals surface area contributed by atoms with E-state index in [-0.39, 0.29) is 5.75 Å². The van der Waals surface area contributed by atoms with Crippen LogP contribution in [0.1, 0.15) is 27.2 Å². The molecule has 0 aromatic carbocycles. The van der Waals surface area contributed by atoms with Gasteiger partial charge in [-0.05, 0) is 33.2 Å². The number of sulfonamides is 1. The fraction of sp³-hybridized carbons (Fsp3) is 0.923. The van der Waals surface area contributed by atoms with Gasteiger partial charge in [-0.2, -0.15) is 0 Å². The van der Waals surface area contributed by atoms with Crippen LogP contribution in [-0.2, 0) is 14.8 Å². The van der Waals surface area contributed by atoms with E-state index in [4.69, 9.17) is 4.74 Å². The van der Waals surface area contributed by atoms with Crippen molar-refractivity contribution in [3.05, 3.63) is 0 Å². The van der Waals surface area contributed by atoms with Gasteiger partial charge in [0.05, 0.1) is 5.75 Å². The summed E-state index contributed by atoms with van der Waals surface area (Å²) in [6, 6.07) is 0.749. The minimum absolute atomic E-state index is 0.183. The van der Waals surface area contributed by atoms with Gasteiger partial charge < -0.3 is 10.1 Å². The van der Waals surface area contributed by atoms with Crippen LogP contribution in [0.4, 0.5) is 4.79 Å². The van der Waals surface area contributed by atoms with Gasteiger partial charge >= 0.3 is 6.09 Å². The number of amides is 1. The maximum atomic E-state index is 11.8. The smallest absolute Gasteiger partial charge is 0.407 e. The van der Waals surface area contributed by atoms with Gasteiger partial charge in [0.25, 0.3) is 0 Å². The monoisotopic (exact) mass is 338 g/mol. The lowest BCUT2D eigenvalue weighted by Gasteiger charge is -2.19. The SMILES string of the molecule is CC(C)(C)OC(=O)NCCCNS(=O)(=O)CC[Si](C)(C)C. The molecule has 2 N–H and O–H groups in total. The first-order valence-electron chi connectivity index (χ1n) is 7.25. The number of hydrogen-bond acceptors (Lipinski definition) is 4. The third kappa shape index (κ3) is 14.1. The second-order valence-corrected chi connectivity index (χ2v) is 14.9. The van der Waals surface area contributed by atoms with E-state index in [0.717, 1.165) is 6.04 Å². The molecule has 0 atom stereocenters. The van der Waals surface area contributed by atoms with Gasteiger partial charge in [-0.15, -0.1) is 0 Å². The summed E-state index contributed by atoms with van der Waals surface area (Å²) < 4.78 is 31.2. The quantitative estimate of drug-likeness (QED) is 0.525. The lowest BCUT2D eigenvalue weighted by atomic mass is 10.2. The van der Waals surface area contributed by atoms with Crippen LogP contribution < -0.4 is 10.0 Å². The number of rotatable bonds is 8. The third-order valence-electron chi connectivity index (χ3n) is 2.46. The van der Waals surface area contributed by atoms with Crippen molar-refractivity contribution in [3.63, 3.8) is 0 Å². The van der Waals surface area contributed by atoms with Crippen LogP contribution >= 0.6 is 0 Å². The van der Waals surface area contributed by atoms with Crippen LogP contribution in [0, 0.1) is 0 Å². The van der Waals surface area contributed by atoms with Crippen LogP contribution in [0.5, 0.6) is 0 Å². The summed E-state index contributed by atoms with van der Waals surface area (Å²) in [6.45, 7) is 12.5. The summed E-state index contributed by atoms with van der Waals surface area (Å²) in [7, 11) is -4.56. The normalized spacial score (nSPS) is 13.0. The van der Waals surface area contributed by atoms with E-state index in [1.807, 2.05) is 0 Å². The number of ether oxygens (including phenoxy) is 1. The average molecular weight is 339 g/mol. The van der Waals surface area contributed by atoms with E-state index in [9.17, 15) is 13.2 Å². The number of carbonyl (C=O) groups is 1. The Kier molecular flexibility index (Phi) is 7.91. The Labute approximate surface area is 130 Å². The molecule has 0 saturated carbocycles. The van der Waals surface area contributed by atoms with Gasteiger partial charge in [0.2, 0.25) is 10.0 Å². The maximum absolute atomic E-state index is 11.8. The van der Waals surface area contributed by atoms with E-state index in [2.05, 4.69) is 29.7 Å². The Morgan fingerprint density at radius 2 is 1.71 bits per heavy atom. The van der Waals surface area contributed by atoms with Gasteiger partial charge in [0.15, 0.2) is 0 Å². The standard InChI is InChI=1S/C13H30N2O4SSi/c1-13(2,3)19-12(16)14-8-7-9-15-20(17,18)10-11-21(4,5)6/h15H,7-11H2,1-6H3,(H,14,16). The molecule has 1 amide bonds. The molecule has 126 valence electrons. The van der Waals surface area contributed by atoms with Crippen LogP contribution in [0.25, 0.3) is 0 Å². The van der Waals surface area contributed by atoms with E-state index in [0.29, 0.717) is 19.5 Å². The van der Waals surface area contributed by atoms with Crippen molar-refractivity contribution in [2.75, 3.05) is 18.8 Å². The molecule has 0 unspecified atom stereocenters. The van der Waals surface area contributed by atoms with E-state index in [1.165, 1.54) is 0 Å². The molecule has 21 heavy (non-hydrogen) atoms.